The third-order valence-electron chi connectivity index (χ3n) is 9.47. The van der Waals surface area contributed by atoms with E-state index in [1.165, 1.54) is 15.9 Å². The predicted octanol–water partition coefficient (Wildman–Crippen LogP) is 2.23. The molecule has 3 heterocycles. The van der Waals surface area contributed by atoms with Gasteiger partial charge in [0.1, 0.15) is 23.5 Å². The second-order valence-electron chi connectivity index (χ2n) is 13.1. The number of aromatic nitrogens is 1. The molecule has 0 radical (unpaired) electrons. The summed E-state index contributed by atoms with van der Waals surface area (Å²) in [6.07, 6.45) is 2.24. The number of likely N-dealkylation sites (tertiary alicyclic amines) is 1. The van der Waals surface area contributed by atoms with Crippen LogP contribution in [0.1, 0.15) is 74.8 Å². The largest absolute Gasteiger partial charge is 0.481 e. The van der Waals surface area contributed by atoms with Crippen LogP contribution in [0.5, 0.6) is 5.75 Å². The highest BCUT2D eigenvalue weighted by molar-refractivity contribution is 6.00. The smallest absolute Gasteiger partial charge is 0.409 e. The molecule has 1 aromatic heterocycles. The summed E-state index contributed by atoms with van der Waals surface area (Å²) in [4.78, 5) is 86.5. The van der Waals surface area contributed by atoms with Gasteiger partial charge in [0.2, 0.25) is 11.8 Å². The highest BCUT2D eigenvalue weighted by atomic mass is 16.6. The number of hydrogen-bond donors (Lipinski definition) is 3. The van der Waals surface area contributed by atoms with Crippen LogP contribution in [0.25, 0.3) is 10.9 Å². The Morgan fingerprint density at radius 1 is 0.960 bits per heavy atom. The van der Waals surface area contributed by atoms with Crippen LogP contribution in [0.15, 0.2) is 24.3 Å². The van der Waals surface area contributed by atoms with Crippen molar-refractivity contribution in [3.63, 3.8) is 0 Å². The van der Waals surface area contributed by atoms with Crippen molar-refractivity contribution in [3.8, 4) is 5.75 Å². The second kappa shape index (κ2) is 16.2. The first-order valence-electron chi connectivity index (χ1n) is 17.4. The Morgan fingerprint density at radius 3 is 2.34 bits per heavy atom. The lowest BCUT2D eigenvalue weighted by atomic mass is 9.93. The molecule has 15 heteroatoms. The van der Waals surface area contributed by atoms with Crippen LogP contribution in [-0.4, -0.2) is 124 Å². The first-order chi connectivity index (χ1) is 23.9. The van der Waals surface area contributed by atoms with Gasteiger partial charge >= 0.3 is 12.1 Å². The molecule has 1 saturated carbocycles. The fourth-order valence-electron chi connectivity index (χ4n) is 6.45. The van der Waals surface area contributed by atoms with Crippen molar-refractivity contribution in [1.82, 2.24) is 30.3 Å². The van der Waals surface area contributed by atoms with Crippen molar-refractivity contribution < 1.29 is 43.3 Å². The molecule has 3 aliphatic rings. The van der Waals surface area contributed by atoms with Crippen LogP contribution in [0, 0.1) is 6.92 Å². The monoisotopic (exact) mass is 694 g/mol. The number of aryl methyl sites for hydroxylation is 1. The summed E-state index contributed by atoms with van der Waals surface area (Å²) in [6.45, 7) is 6.68. The summed E-state index contributed by atoms with van der Waals surface area (Å²) in [6, 6.07) is 5.22. The number of ether oxygens (including phenoxy) is 2. The summed E-state index contributed by atoms with van der Waals surface area (Å²) < 4.78 is 11.2. The maximum absolute atomic E-state index is 13.7. The van der Waals surface area contributed by atoms with Gasteiger partial charge in [0.05, 0.1) is 12.1 Å². The number of amides is 5. The van der Waals surface area contributed by atoms with Crippen molar-refractivity contribution in [2.45, 2.75) is 89.9 Å². The molecule has 1 aliphatic carbocycles. The summed E-state index contributed by atoms with van der Waals surface area (Å²) in [5.74, 6) is -2.60. The van der Waals surface area contributed by atoms with Gasteiger partial charge in [-0.05, 0) is 77.0 Å². The number of nitrogens with zero attached hydrogens (tertiary/aromatic N) is 4. The van der Waals surface area contributed by atoms with E-state index in [0.29, 0.717) is 30.3 Å². The van der Waals surface area contributed by atoms with Gasteiger partial charge in [-0.15, -0.1) is 0 Å². The van der Waals surface area contributed by atoms with E-state index in [1.807, 2.05) is 13.0 Å². The molecule has 0 spiro atoms. The van der Waals surface area contributed by atoms with E-state index in [2.05, 4.69) is 15.6 Å². The van der Waals surface area contributed by atoms with E-state index in [0.717, 1.165) is 24.8 Å². The molecule has 2 unspecified atom stereocenters. The maximum atomic E-state index is 13.7. The molecule has 15 nitrogen and oxygen atoms in total. The lowest BCUT2D eigenvalue weighted by Gasteiger charge is -2.35. The SMILES string of the molecule is CCOC(=O)N1CCN(C(=O)C(CCC(=O)O)NC(=O)c2cc(O[C@H](C)C(=O)N3CCCC3C(=O)NC3CCC3)c3ccc(C)cc3n2)CC1. The van der Waals surface area contributed by atoms with Crippen molar-refractivity contribution in [1.29, 1.82) is 0 Å². The van der Waals surface area contributed by atoms with Gasteiger partial charge in [0, 0.05) is 56.6 Å². The van der Waals surface area contributed by atoms with Crippen molar-refractivity contribution in [3.05, 3.63) is 35.5 Å². The first kappa shape index (κ1) is 36.3. The van der Waals surface area contributed by atoms with E-state index in [4.69, 9.17) is 9.47 Å². The molecule has 2 aliphatic heterocycles. The van der Waals surface area contributed by atoms with Gasteiger partial charge in [-0.25, -0.2) is 9.78 Å². The molecule has 5 amide bonds. The number of aliphatic carboxylic acids is 1. The highest BCUT2D eigenvalue weighted by Crippen LogP contribution is 2.29. The molecule has 2 aromatic rings. The Balaban J connectivity index is 1.32. The van der Waals surface area contributed by atoms with Gasteiger partial charge in [-0.1, -0.05) is 6.07 Å². The van der Waals surface area contributed by atoms with Gasteiger partial charge < -0.3 is 39.9 Å². The number of carboxylic acids is 1. The van der Waals surface area contributed by atoms with Crippen LogP contribution in [0.3, 0.4) is 0 Å². The molecule has 2 saturated heterocycles. The molecular formula is C35H46N6O9. The fourth-order valence-corrected chi connectivity index (χ4v) is 6.45. The van der Waals surface area contributed by atoms with Crippen LogP contribution in [0.4, 0.5) is 4.79 Å². The Labute approximate surface area is 290 Å². The summed E-state index contributed by atoms with van der Waals surface area (Å²) in [7, 11) is 0. The number of carbonyl (C=O) groups excluding carboxylic acids is 5. The Morgan fingerprint density at radius 2 is 1.68 bits per heavy atom. The number of nitrogens with one attached hydrogen (secondary N) is 2. The minimum atomic E-state index is -1.18. The third kappa shape index (κ3) is 8.61. The van der Waals surface area contributed by atoms with Gasteiger partial charge in [0.15, 0.2) is 6.10 Å². The number of fused-ring (bicyclic) bond motifs is 1. The zero-order chi connectivity index (χ0) is 35.9. The van der Waals surface area contributed by atoms with Crippen molar-refractivity contribution in [2.75, 3.05) is 39.3 Å². The molecule has 270 valence electrons. The van der Waals surface area contributed by atoms with E-state index >= 15 is 0 Å². The average molecular weight is 695 g/mol. The minimum absolute atomic E-state index is 0.0862. The maximum Gasteiger partial charge on any atom is 0.409 e. The zero-order valence-electron chi connectivity index (χ0n) is 28.8. The predicted molar refractivity (Wildman–Crippen MR) is 180 cm³/mol. The van der Waals surface area contributed by atoms with Crippen molar-refractivity contribution >= 4 is 46.6 Å². The molecule has 1 aromatic carbocycles. The lowest BCUT2D eigenvalue weighted by molar-refractivity contribution is -0.143. The van der Waals surface area contributed by atoms with Gasteiger partial charge in [-0.2, -0.15) is 0 Å². The first-order valence-corrected chi connectivity index (χ1v) is 17.4. The van der Waals surface area contributed by atoms with Crippen LogP contribution in [0.2, 0.25) is 0 Å². The third-order valence-corrected chi connectivity index (χ3v) is 9.47. The van der Waals surface area contributed by atoms with E-state index in [-0.39, 0.29) is 74.9 Å². The highest BCUT2D eigenvalue weighted by Gasteiger charge is 2.38. The van der Waals surface area contributed by atoms with E-state index < -0.39 is 42.1 Å². The van der Waals surface area contributed by atoms with E-state index in [1.54, 1.807) is 30.9 Å². The second-order valence-corrected chi connectivity index (χ2v) is 13.1. The topological polar surface area (TPSA) is 188 Å². The molecule has 0 bridgehead atoms. The zero-order valence-corrected chi connectivity index (χ0v) is 28.8. The van der Waals surface area contributed by atoms with Crippen LogP contribution in [-0.2, 0) is 23.9 Å². The molecule has 5 rings (SSSR count). The Hall–Kier alpha value is -4.95. The summed E-state index contributed by atoms with van der Waals surface area (Å²) >= 11 is 0. The standard InChI is InChI=1S/C35H46N6O9/c1-4-49-35(48)40-17-15-39(16-18-40)34(47)25(12-13-30(42)43)38-31(44)27-20-29(24-11-10-21(2)19-26(24)37-27)50-22(3)33(46)41-14-6-9-28(41)32(45)36-23-7-5-8-23/h10-11,19-20,22-23,25,28H,4-9,12-18H2,1-3H3,(H,36,45)(H,38,44)(H,42,43)/t22-,25?,28?/m1/s1. The molecule has 50 heavy (non-hydrogen) atoms. The van der Waals surface area contributed by atoms with Gasteiger partial charge in [0.25, 0.3) is 11.8 Å². The number of pyridine rings is 1. The number of piperazine rings is 1. The van der Waals surface area contributed by atoms with E-state index in [9.17, 15) is 33.9 Å². The average Bonchev–Trinajstić information content (AvgIpc) is 3.57. The molecular weight excluding hydrogens is 648 g/mol. The number of rotatable bonds is 12. The number of carboxylic acid groups (broad SMARTS) is 1. The Bertz CT molecular complexity index is 1620. The molecule has 3 fully saturated rings. The van der Waals surface area contributed by atoms with Crippen LogP contribution >= 0.6 is 0 Å². The minimum Gasteiger partial charge on any atom is -0.481 e. The Kier molecular flexibility index (Phi) is 11.8. The van der Waals surface area contributed by atoms with Gasteiger partial charge in [-0.3, -0.25) is 24.0 Å². The normalized spacial score (nSPS) is 18.9. The lowest BCUT2D eigenvalue weighted by Crippen LogP contribution is -2.56. The number of hydrogen-bond acceptors (Lipinski definition) is 9. The fraction of sp³-hybridized carbons (Fsp3) is 0.571. The quantitative estimate of drug-likeness (QED) is 0.297. The molecule has 3 N–H and O–H groups in total. The summed E-state index contributed by atoms with van der Waals surface area (Å²) in [5.41, 5.74) is 1.21. The summed E-state index contributed by atoms with van der Waals surface area (Å²) in [5, 5.41) is 15.6. The number of benzene rings is 1. The number of carbonyl (C=O) groups is 6. The molecule has 3 atom stereocenters. The van der Waals surface area contributed by atoms with Crippen molar-refractivity contribution in [2.24, 2.45) is 0 Å². The van der Waals surface area contributed by atoms with Crippen LogP contribution < -0.4 is 15.4 Å².